The Hall–Kier alpha value is -2.25. The molecule has 1 fully saturated rings. The van der Waals surface area contributed by atoms with E-state index in [1.54, 1.807) is 0 Å². The van der Waals surface area contributed by atoms with Crippen LogP contribution in [0.2, 0.25) is 0 Å². The van der Waals surface area contributed by atoms with E-state index in [0.29, 0.717) is 0 Å². The Morgan fingerprint density at radius 1 is 1.06 bits per heavy atom. The zero-order chi connectivity index (χ0) is 12.4. The van der Waals surface area contributed by atoms with E-state index in [1.807, 2.05) is 0 Å². The van der Waals surface area contributed by atoms with Crippen molar-refractivity contribution in [1.29, 1.82) is 0 Å². The molecule has 0 aromatic rings. The lowest BCUT2D eigenvalue weighted by molar-refractivity contribution is -0.142. The van der Waals surface area contributed by atoms with E-state index in [0.717, 1.165) is 4.90 Å². The van der Waals surface area contributed by atoms with Crippen LogP contribution in [-0.4, -0.2) is 47.3 Å². The minimum absolute atomic E-state index is 0.159. The summed E-state index contributed by atoms with van der Waals surface area (Å²) in [6.07, 6.45) is 0.398. The highest BCUT2D eigenvalue weighted by Crippen LogP contribution is 2.05. The molecule has 0 aromatic carbocycles. The molecule has 0 bridgehead atoms. The summed E-state index contributed by atoms with van der Waals surface area (Å²) in [5.74, 6) is -1.78. The summed E-state index contributed by atoms with van der Waals surface area (Å²) in [6, 6.07) is 0. The van der Waals surface area contributed by atoms with Crippen LogP contribution in [0, 0.1) is 0 Å². The van der Waals surface area contributed by atoms with Gasteiger partial charge in [-0.2, -0.15) is 5.10 Å². The van der Waals surface area contributed by atoms with Crippen molar-refractivity contribution >= 4 is 29.3 Å². The van der Waals surface area contributed by atoms with E-state index in [2.05, 4.69) is 15.8 Å². The second kappa shape index (κ2) is 4.32. The predicted octanol–water partition coefficient (Wildman–Crippen LogP) is -2.26. The van der Waals surface area contributed by atoms with Crippen molar-refractivity contribution < 1.29 is 19.2 Å². The van der Waals surface area contributed by atoms with Gasteiger partial charge in [-0.05, 0) is 0 Å². The van der Waals surface area contributed by atoms with Crippen molar-refractivity contribution in [2.45, 2.75) is 12.8 Å². The maximum absolute atomic E-state index is 11.9. The number of carbonyl (C=O) groups is 4. The third kappa shape index (κ3) is 2.47. The number of hydrazone groups is 1. The highest BCUT2D eigenvalue weighted by atomic mass is 16.2. The first-order valence-corrected chi connectivity index (χ1v) is 5.03. The number of nitrogens with one attached hydrogen (secondary N) is 2. The molecule has 0 saturated carbocycles. The first-order valence-electron chi connectivity index (χ1n) is 5.03. The Bertz CT molecular complexity index is 426. The number of carbonyl (C=O) groups excluding carboxylic acids is 4. The van der Waals surface area contributed by atoms with Crippen LogP contribution < -0.4 is 10.7 Å². The maximum atomic E-state index is 11.9. The molecule has 0 aromatic heterocycles. The topological polar surface area (TPSA) is 108 Å². The quantitative estimate of drug-likeness (QED) is 0.502. The number of amides is 4. The average Bonchev–Trinajstić information content (AvgIpc) is 2.28. The fraction of sp³-hybridized carbons (Fsp3) is 0.444. The molecular weight excluding hydrogens is 228 g/mol. The van der Waals surface area contributed by atoms with E-state index in [-0.39, 0.29) is 37.6 Å². The normalized spacial score (nSPS) is 20.6. The lowest BCUT2D eigenvalue weighted by Crippen LogP contribution is -2.55. The molecule has 0 unspecified atom stereocenters. The molecule has 8 heteroatoms. The van der Waals surface area contributed by atoms with Gasteiger partial charge >= 0.3 is 0 Å². The molecular formula is C9H10N4O4. The number of imide groups is 1. The Kier molecular flexibility index (Phi) is 2.86. The Morgan fingerprint density at radius 3 is 2.24 bits per heavy atom. The van der Waals surface area contributed by atoms with Crippen LogP contribution in [-0.2, 0) is 19.2 Å². The third-order valence-electron chi connectivity index (χ3n) is 2.39. The second-order valence-electron chi connectivity index (χ2n) is 3.73. The van der Waals surface area contributed by atoms with Gasteiger partial charge in [0.2, 0.25) is 17.7 Å². The van der Waals surface area contributed by atoms with Crippen molar-refractivity contribution in [2.75, 3.05) is 13.1 Å². The fourth-order valence-corrected chi connectivity index (χ4v) is 1.59. The number of hydrogen-bond acceptors (Lipinski definition) is 5. The molecule has 2 aliphatic heterocycles. The molecule has 2 rings (SSSR count). The first kappa shape index (κ1) is 11.2. The van der Waals surface area contributed by atoms with Gasteiger partial charge in [0.05, 0.1) is 0 Å². The second-order valence-corrected chi connectivity index (χ2v) is 3.73. The molecule has 4 amide bonds. The van der Waals surface area contributed by atoms with Crippen molar-refractivity contribution in [3.63, 3.8) is 0 Å². The highest BCUT2D eigenvalue weighted by molar-refractivity contribution is 6.40. The summed E-state index contributed by atoms with van der Waals surface area (Å²) in [5, 5.41) is 5.71. The zero-order valence-corrected chi connectivity index (χ0v) is 8.86. The van der Waals surface area contributed by atoms with Gasteiger partial charge in [0.15, 0.2) is 0 Å². The monoisotopic (exact) mass is 238 g/mol. The molecule has 17 heavy (non-hydrogen) atoms. The Labute approximate surface area is 96.0 Å². The Morgan fingerprint density at radius 2 is 1.71 bits per heavy atom. The van der Waals surface area contributed by atoms with E-state index >= 15 is 0 Å². The summed E-state index contributed by atoms with van der Waals surface area (Å²) in [6.45, 7) is -0.338. The van der Waals surface area contributed by atoms with Crippen molar-refractivity contribution in [3.05, 3.63) is 0 Å². The molecule has 0 spiro atoms. The summed E-state index contributed by atoms with van der Waals surface area (Å²) < 4.78 is 0. The molecule has 8 nitrogen and oxygen atoms in total. The van der Waals surface area contributed by atoms with Gasteiger partial charge in [-0.15, -0.1) is 0 Å². The maximum Gasteiger partial charge on any atom is 0.271 e. The minimum atomic E-state index is -0.518. The molecule has 1 saturated heterocycles. The van der Waals surface area contributed by atoms with Crippen LogP contribution in [0.5, 0.6) is 0 Å². The first-order chi connectivity index (χ1) is 8.06. The summed E-state index contributed by atoms with van der Waals surface area (Å²) in [7, 11) is 0. The van der Waals surface area contributed by atoms with E-state index < -0.39 is 17.7 Å². The van der Waals surface area contributed by atoms with E-state index in [9.17, 15) is 19.2 Å². The van der Waals surface area contributed by atoms with Gasteiger partial charge in [0.25, 0.3) is 5.91 Å². The minimum Gasteiger partial charge on any atom is -0.319 e. The van der Waals surface area contributed by atoms with Gasteiger partial charge in [0.1, 0.15) is 18.8 Å². The predicted molar refractivity (Wildman–Crippen MR) is 54.5 cm³/mol. The highest BCUT2D eigenvalue weighted by Gasteiger charge is 2.30. The number of nitrogens with zero attached hydrogens (tertiary/aromatic N) is 2. The molecule has 2 N–H and O–H groups in total. The van der Waals surface area contributed by atoms with Crippen LogP contribution in [0.25, 0.3) is 0 Å². The smallest absolute Gasteiger partial charge is 0.271 e. The SMILES string of the molecule is O=C1CCC(C(=O)N2CC(=O)NC(=O)C2)=NN1. The van der Waals surface area contributed by atoms with E-state index in [4.69, 9.17) is 0 Å². The molecule has 2 aliphatic rings. The molecule has 90 valence electrons. The fourth-order valence-electron chi connectivity index (χ4n) is 1.59. The van der Waals surface area contributed by atoms with Gasteiger partial charge in [0, 0.05) is 12.8 Å². The standard InChI is InChI=1S/C9H10N4O4/c14-6-2-1-5(11-12-6)9(17)13-3-7(15)10-8(16)4-13/h1-4H2,(H,12,14)(H,10,15,16). The average molecular weight is 238 g/mol. The molecule has 2 heterocycles. The van der Waals surface area contributed by atoms with Crippen LogP contribution >= 0.6 is 0 Å². The molecule has 0 atom stereocenters. The van der Waals surface area contributed by atoms with Gasteiger partial charge in [-0.25, -0.2) is 5.43 Å². The van der Waals surface area contributed by atoms with Crippen LogP contribution in [0.15, 0.2) is 5.10 Å². The number of rotatable bonds is 1. The lowest BCUT2D eigenvalue weighted by Gasteiger charge is -2.26. The van der Waals surface area contributed by atoms with Crippen molar-refractivity contribution in [3.8, 4) is 0 Å². The van der Waals surface area contributed by atoms with Gasteiger partial charge < -0.3 is 4.90 Å². The number of piperazine rings is 1. The molecule has 0 radical (unpaired) electrons. The Balaban J connectivity index is 2.07. The van der Waals surface area contributed by atoms with E-state index in [1.165, 1.54) is 0 Å². The van der Waals surface area contributed by atoms with Crippen molar-refractivity contribution in [1.82, 2.24) is 15.6 Å². The largest absolute Gasteiger partial charge is 0.319 e. The van der Waals surface area contributed by atoms with Gasteiger partial charge in [-0.3, -0.25) is 24.5 Å². The zero-order valence-electron chi connectivity index (χ0n) is 8.86. The van der Waals surface area contributed by atoms with Crippen LogP contribution in [0.3, 0.4) is 0 Å². The molecule has 0 aliphatic carbocycles. The number of hydrogen-bond donors (Lipinski definition) is 2. The third-order valence-corrected chi connectivity index (χ3v) is 2.39. The van der Waals surface area contributed by atoms with Crippen LogP contribution in [0.4, 0.5) is 0 Å². The van der Waals surface area contributed by atoms with Gasteiger partial charge in [-0.1, -0.05) is 0 Å². The summed E-state index contributed by atoms with van der Waals surface area (Å²) >= 11 is 0. The summed E-state index contributed by atoms with van der Waals surface area (Å²) in [4.78, 5) is 46.0. The summed E-state index contributed by atoms with van der Waals surface area (Å²) in [5.41, 5.74) is 2.35. The van der Waals surface area contributed by atoms with Crippen LogP contribution in [0.1, 0.15) is 12.8 Å². The lowest BCUT2D eigenvalue weighted by atomic mass is 10.1. The van der Waals surface area contributed by atoms with Crippen molar-refractivity contribution in [2.24, 2.45) is 5.10 Å².